The number of rotatable bonds is 9. The van der Waals surface area contributed by atoms with Crippen LogP contribution in [0.5, 0.6) is 0 Å². The van der Waals surface area contributed by atoms with Crippen molar-refractivity contribution in [2.24, 2.45) is 0 Å². The van der Waals surface area contributed by atoms with Gasteiger partial charge in [-0.25, -0.2) is 9.64 Å². The first-order valence-electron chi connectivity index (χ1n) is 10.6. The number of ether oxygens (including phenoxy) is 2. The zero-order chi connectivity index (χ0) is 24.3. The molecule has 0 spiro atoms. The molecule has 1 atom stereocenters. The first-order valence-corrected chi connectivity index (χ1v) is 10.6. The van der Waals surface area contributed by atoms with Crippen molar-refractivity contribution in [1.29, 1.82) is 0 Å². The van der Waals surface area contributed by atoms with Gasteiger partial charge in [0.25, 0.3) is 0 Å². The van der Waals surface area contributed by atoms with Crippen molar-refractivity contribution in [2.45, 2.75) is 58.4 Å². The van der Waals surface area contributed by atoms with Crippen LogP contribution in [0, 0.1) is 6.57 Å². The summed E-state index contributed by atoms with van der Waals surface area (Å²) in [4.78, 5) is 40.5. The Kier molecular flexibility index (Phi) is 9.43. The number of alkyl carbamates (subject to hydrolysis) is 1. The van der Waals surface area contributed by atoms with Crippen LogP contribution in [-0.4, -0.2) is 29.6 Å². The van der Waals surface area contributed by atoms with Crippen LogP contribution < -0.4 is 10.6 Å². The predicted molar refractivity (Wildman–Crippen MR) is 123 cm³/mol. The van der Waals surface area contributed by atoms with Gasteiger partial charge in [0.05, 0.1) is 6.57 Å². The molecule has 8 heteroatoms. The minimum Gasteiger partial charge on any atom is -0.461 e. The van der Waals surface area contributed by atoms with Gasteiger partial charge in [-0.15, -0.1) is 0 Å². The third-order valence-electron chi connectivity index (χ3n) is 4.42. The summed E-state index contributed by atoms with van der Waals surface area (Å²) in [5.74, 6) is -0.927. The van der Waals surface area contributed by atoms with E-state index in [1.807, 2.05) is 30.3 Å². The Morgan fingerprint density at radius 1 is 1.00 bits per heavy atom. The summed E-state index contributed by atoms with van der Waals surface area (Å²) in [5, 5.41) is 5.28. The van der Waals surface area contributed by atoms with Gasteiger partial charge < -0.3 is 20.1 Å². The fourth-order valence-electron chi connectivity index (χ4n) is 2.79. The van der Waals surface area contributed by atoms with E-state index in [4.69, 9.17) is 16.0 Å². The molecule has 2 aromatic carbocycles. The third kappa shape index (κ3) is 9.87. The van der Waals surface area contributed by atoms with Crippen LogP contribution in [0.15, 0.2) is 54.6 Å². The average molecular weight is 452 g/mol. The SMILES string of the molecule is [C-]#[N+]c1ccc(CNC(=O)[C@H](CCC(=O)OCc2ccccc2)NC(=O)OC(C)(C)C)cc1. The molecule has 2 amide bonds. The van der Waals surface area contributed by atoms with Crippen LogP contribution in [0.1, 0.15) is 44.7 Å². The smallest absolute Gasteiger partial charge is 0.408 e. The molecule has 0 unspecified atom stereocenters. The van der Waals surface area contributed by atoms with Crippen molar-refractivity contribution in [3.8, 4) is 0 Å². The topological polar surface area (TPSA) is 98.1 Å². The Labute approximate surface area is 194 Å². The molecule has 0 aromatic heterocycles. The van der Waals surface area contributed by atoms with Gasteiger partial charge in [0.1, 0.15) is 18.2 Å². The highest BCUT2D eigenvalue weighted by atomic mass is 16.6. The van der Waals surface area contributed by atoms with E-state index in [1.165, 1.54) is 0 Å². The quantitative estimate of drug-likeness (QED) is 0.438. The van der Waals surface area contributed by atoms with E-state index in [2.05, 4.69) is 15.5 Å². The number of hydrogen-bond donors (Lipinski definition) is 2. The van der Waals surface area contributed by atoms with Gasteiger partial charge in [-0.3, -0.25) is 9.59 Å². The second kappa shape index (κ2) is 12.2. The van der Waals surface area contributed by atoms with Crippen LogP contribution in [0.3, 0.4) is 0 Å². The lowest BCUT2D eigenvalue weighted by atomic mass is 10.1. The van der Waals surface area contributed by atoms with E-state index < -0.39 is 29.6 Å². The molecule has 0 saturated carbocycles. The lowest BCUT2D eigenvalue weighted by Gasteiger charge is -2.23. The fourth-order valence-corrected chi connectivity index (χ4v) is 2.79. The molecular formula is C25H29N3O5. The monoisotopic (exact) mass is 451 g/mol. The molecule has 0 aliphatic heterocycles. The molecular weight excluding hydrogens is 422 g/mol. The Balaban J connectivity index is 1.94. The molecule has 0 aliphatic carbocycles. The van der Waals surface area contributed by atoms with Crippen LogP contribution in [-0.2, 0) is 32.2 Å². The van der Waals surface area contributed by atoms with Crippen molar-refractivity contribution >= 4 is 23.7 Å². The zero-order valence-corrected chi connectivity index (χ0v) is 19.1. The number of hydrogen-bond acceptors (Lipinski definition) is 5. The van der Waals surface area contributed by atoms with Crippen LogP contribution in [0.25, 0.3) is 4.85 Å². The molecule has 0 heterocycles. The van der Waals surface area contributed by atoms with Crippen LogP contribution >= 0.6 is 0 Å². The van der Waals surface area contributed by atoms with E-state index in [0.29, 0.717) is 5.69 Å². The number of benzene rings is 2. The summed E-state index contributed by atoms with van der Waals surface area (Å²) in [6, 6.07) is 15.1. The molecule has 33 heavy (non-hydrogen) atoms. The number of nitrogens with one attached hydrogen (secondary N) is 2. The van der Waals surface area contributed by atoms with E-state index in [1.54, 1.807) is 45.0 Å². The van der Waals surface area contributed by atoms with Gasteiger partial charge in [-0.05, 0) is 38.3 Å². The van der Waals surface area contributed by atoms with E-state index >= 15 is 0 Å². The maximum atomic E-state index is 12.8. The molecule has 174 valence electrons. The summed E-state index contributed by atoms with van der Waals surface area (Å²) < 4.78 is 10.5. The van der Waals surface area contributed by atoms with Crippen molar-refractivity contribution in [2.75, 3.05) is 0 Å². The lowest BCUT2D eigenvalue weighted by Crippen LogP contribution is -2.48. The summed E-state index contributed by atoms with van der Waals surface area (Å²) in [5.41, 5.74) is 1.43. The van der Waals surface area contributed by atoms with Gasteiger partial charge in [-0.2, -0.15) is 0 Å². The minimum absolute atomic E-state index is 0.0510. The van der Waals surface area contributed by atoms with Crippen molar-refractivity contribution < 1.29 is 23.9 Å². The summed E-state index contributed by atoms with van der Waals surface area (Å²) in [7, 11) is 0. The van der Waals surface area contributed by atoms with Crippen molar-refractivity contribution in [3.63, 3.8) is 0 Å². The zero-order valence-electron chi connectivity index (χ0n) is 19.1. The van der Waals surface area contributed by atoms with Crippen LogP contribution in [0.4, 0.5) is 10.5 Å². The summed E-state index contributed by atoms with van der Waals surface area (Å²) in [6.07, 6.45) is -0.753. The van der Waals surface area contributed by atoms with Gasteiger partial charge in [0.15, 0.2) is 5.69 Å². The summed E-state index contributed by atoms with van der Waals surface area (Å²) >= 11 is 0. The maximum absolute atomic E-state index is 12.8. The molecule has 2 aromatic rings. The third-order valence-corrected chi connectivity index (χ3v) is 4.42. The highest BCUT2D eigenvalue weighted by Gasteiger charge is 2.25. The number of amides is 2. The molecule has 0 saturated heterocycles. The van der Waals surface area contributed by atoms with Gasteiger partial charge in [0.2, 0.25) is 5.91 Å². The molecule has 0 bridgehead atoms. The van der Waals surface area contributed by atoms with E-state index in [-0.39, 0.29) is 26.0 Å². The molecule has 8 nitrogen and oxygen atoms in total. The molecule has 0 radical (unpaired) electrons. The van der Waals surface area contributed by atoms with E-state index in [0.717, 1.165) is 11.1 Å². The molecule has 0 aliphatic rings. The molecule has 2 N–H and O–H groups in total. The number of carbonyl (C=O) groups excluding carboxylic acids is 3. The summed E-state index contributed by atoms with van der Waals surface area (Å²) in [6.45, 7) is 12.5. The highest BCUT2D eigenvalue weighted by molar-refractivity contribution is 5.86. The minimum atomic E-state index is -0.980. The van der Waals surface area contributed by atoms with Crippen LogP contribution in [0.2, 0.25) is 0 Å². The second-order valence-electron chi connectivity index (χ2n) is 8.38. The van der Waals surface area contributed by atoms with Gasteiger partial charge in [0, 0.05) is 13.0 Å². The Hall–Kier alpha value is -3.86. The number of nitrogens with zero attached hydrogens (tertiary/aromatic N) is 1. The first kappa shape index (κ1) is 25.4. The van der Waals surface area contributed by atoms with Crippen molar-refractivity contribution in [1.82, 2.24) is 10.6 Å². The maximum Gasteiger partial charge on any atom is 0.408 e. The Morgan fingerprint density at radius 3 is 2.27 bits per heavy atom. The predicted octanol–water partition coefficient (Wildman–Crippen LogP) is 4.27. The van der Waals surface area contributed by atoms with Crippen molar-refractivity contribution in [3.05, 3.63) is 77.1 Å². The largest absolute Gasteiger partial charge is 0.461 e. The molecule has 0 fully saturated rings. The van der Waals surface area contributed by atoms with E-state index in [9.17, 15) is 14.4 Å². The Bertz CT molecular complexity index is 976. The number of esters is 1. The fraction of sp³-hybridized carbons (Fsp3) is 0.360. The average Bonchev–Trinajstić information content (AvgIpc) is 2.78. The normalized spacial score (nSPS) is 11.6. The lowest BCUT2D eigenvalue weighted by molar-refractivity contribution is -0.145. The van der Waals surface area contributed by atoms with Gasteiger partial charge in [-0.1, -0.05) is 54.6 Å². The highest BCUT2D eigenvalue weighted by Crippen LogP contribution is 2.13. The number of carbonyl (C=O) groups is 3. The second-order valence-corrected chi connectivity index (χ2v) is 8.38. The Morgan fingerprint density at radius 2 is 1.67 bits per heavy atom. The van der Waals surface area contributed by atoms with Gasteiger partial charge >= 0.3 is 12.1 Å². The standard InChI is InChI=1S/C25H29N3O5/c1-25(2,3)33-24(31)28-21(14-15-22(29)32-17-19-8-6-5-7-9-19)23(30)27-16-18-10-12-20(26-4)13-11-18/h5-13,21H,14-17H2,1-3H3,(H,27,30)(H,28,31)/t21-/m0/s1. The first-order chi connectivity index (χ1) is 15.7. The molecule has 2 rings (SSSR count).